The lowest BCUT2D eigenvalue weighted by molar-refractivity contribution is -0.143. The van der Waals surface area contributed by atoms with E-state index in [1.165, 1.54) is 0 Å². The Balaban J connectivity index is 2.18. The summed E-state index contributed by atoms with van der Waals surface area (Å²) in [5, 5.41) is 11.8. The number of hydrogen-bond acceptors (Lipinski definition) is 4. The van der Waals surface area contributed by atoms with E-state index >= 15 is 0 Å². The van der Waals surface area contributed by atoms with Gasteiger partial charge in [-0.15, -0.1) is 0 Å². The summed E-state index contributed by atoms with van der Waals surface area (Å²) in [5.74, 6) is 0. The van der Waals surface area contributed by atoms with Crippen LogP contribution in [0.5, 0.6) is 0 Å². The fourth-order valence-corrected chi connectivity index (χ4v) is 2.89. The van der Waals surface area contributed by atoms with Crippen molar-refractivity contribution in [1.29, 1.82) is 5.26 Å². The Bertz CT molecular complexity index is 886. The highest BCUT2D eigenvalue weighted by atomic mass is 32.2. The molecule has 1 aromatic rings. The molecule has 156 valence electrons. The molecule has 0 saturated heterocycles. The second kappa shape index (κ2) is 8.02. The average molecular weight is 446 g/mol. The van der Waals surface area contributed by atoms with E-state index < -0.39 is 52.3 Å². The summed E-state index contributed by atoms with van der Waals surface area (Å²) in [6.45, 7) is -0.797. The van der Waals surface area contributed by atoms with Crippen LogP contribution < -0.4 is 0 Å². The van der Waals surface area contributed by atoms with Gasteiger partial charge in [0, 0.05) is 4.91 Å². The van der Waals surface area contributed by atoms with E-state index in [0.29, 0.717) is 23.9 Å². The molecule has 2 rings (SSSR count). The van der Waals surface area contributed by atoms with E-state index in [2.05, 4.69) is 9.99 Å². The molecule has 1 aliphatic rings. The van der Waals surface area contributed by atoms with Gasteiger partial charge in [-0.25, -0.2) is 0 Å². The van der Waals surface area contributed by atoms with Gasteiger partial charge in [0.05, 0.1) is 11.1 Å². The zero-order chi connectivity index (χ0) is 22.0. The molecule has 0 aliphatic carbocycles. The van der Waals surface area contributed by atoms with Crippen molar-refractivity contribution in [2.24, 2.45) is 5.16 Å². The molecule has 0 atom stereocenters. The lowest BCUT2D eigenvalue weighted by Gasteiger charge is -2.13. The number of thioether (sulfide) groups is 1. The maximum absolute atomic E-state index is 12.8. The number of nitrogens with zero attached hydrogens (tertiary/aromatic N) is 2. The highest BCUT2D eigenvalue weighted by Gasteiger charge is 2.38. The molecule has 0 spiro atoms. The molecule has 0 fully saturated rings. The van der Waals surface area contributed by atoms with Crippen LogP contribution in [0.25, 0.3) is 0 Å². The average Bonchev–Trinajstić information content (AvgIpc) is 3.00. The highest BCUT2D eigenvalue weighted by Crippen LogP contribution is 2.38. The zero-order valence-electron chi connectivity index (χ0n) is 13.7. The summed E-state index contributed by atoms with van der Waals surface area (Å²) >= 11 is 0.411. The van der Waals surface area contributed by atoms with Gasteiger partial charge in [-0.1, -0.05) is 16.9 Å². The van der Waals surface area contributed by atoms with Gasteiger partial charge >= 0.3 is 18.5 Å². The quantitative estimate of drug-likeness (QED) is 0.316. The lowest BCUT2D eigenvalue weighted by atomic mass is 10.1. The Labute approximate surface area is 161 Å². The Morgan fingerprint density at radius 3 is 1.93 bits per heavy atom. The molecule has 1 aromatic carbocycles. The van der Waals surface area contributed by atoms with Crippen molar-refractivity contribution in [3.63, 3.8) is 0 Å². The van der Waals surface area contributed by atoms with Crippen LogP contribution in [0.3, 0.4) is 0 Å². The molecule has 0 amide bonds. The van der Waals surface area contributed by atoms with E-state index in [0.717, 1.165) is 18.2 Å². The van der Waals surface area contributed by atoms with Crippen molar-refractivity contribution in [3.8, 4) is 6.07 Å². The van der Waals surface area contributed by atoms with Gasteiger partial charge in [-0.3, -0.25) is 0 Å². The molecular formula is C16H7F9N2OS. The summed E-state index contributed by atoms with van der Waals surface area (Å²) in [4.78, 5) is 4.21. The number of nitriles is 1. The summed E-state index contributed by atoms with van der Waals surface area (Å²) in [7, 11) is 0. The van der Waals surface area contributed by atoms with Crippen molar-refractivity contribution in [3.05, 3.63) is 57.5 Å². The van der Waals surface area contributed by atoms with E-state index in [1.54, 1.807) is 0 Å². The number of alkyl halides is 9. The van der Waals surface area contributed by atoms with Gasteiger partial charge in [0.25, 0.3) is 0 Å². The third-order valence-electron chi connectivity index (χ3n) is 3.27. The van der Waals surface area contributed by atoms with Crippen LogP contribution in [-0.2, 0) is 23.8 Å². The Hall–Kier alpha value is -2.62. The minimum absolute atomic E-state index is 0.0530. The second-order valence-corrected chi connectivity index (χ2v) is 6.46. The van der Waals surface area contributed by atoms with E-state index in [1.807, 2.05) is 0 Å². The van der Waals surface area contributed by atoms with Crippen LogP contribution >= 0.6 is 11.8 Å². The Kier molecular flexibility index (Phi) is 6.27. The first-order valence-electron chi connectivity index (χ1n) is 7.27. The summed E-state index contributed by atoms with van der Waals surface area (Å²) in [6, 6.07) is 1.83. The van der Waals surface area contributed by atoms with Gasteiger partial charge in [0.2, 0.25) is 0 Å². The molecule has 29 heavy (non-hydrogen) atoms. The summed E-state index contributed by atoms with van der Waals surface area (Å²) < 4.78 is 115. The van der Waals surface area contributed by atoms with Crippen LogP contribution in [0.15, 0.2) is 46.0 Å². The summed E-state index contributed by atoms with van der Waals surface area (Å²) in [6.07, 6.45) is -13.0. The molecule has 13 heteroatoms. The minimum atomic E-state index is -5.03. The number of oxime groups is 1. The highest BCUT2D eigenvalue weighted by molar-refractivity contribution is 8.18. The molecule has 1 aliphatic heterocycles. The minimum Gasteiger partial charge on any atom is -0.390 e. The molecule has 0 saturated carbocycles. The monoisotopic (exact) mass is 446 g/mol. The van der Waals surface area contributed by atoms with Gasteiger partial charge < -0.3 is 4.84 Å². The lowest BCUT2D eigenvalue weighted by Crippen LogP contribution is -2.12. The van der Waals surface area contributed by atoms with Crippen LogP contribution in [0.4, 0.5) is 39.5 Å². The third kappa shape index (κ3) is 5.93. The van der Waals surface area contributed by atoms with E-state index in [9.17, 15) is 39.5 Å². The van der Waals surface area contributed by atoms with Crippen molar-refractivity contribution in [1.82, 2.24) is 0 Å². The Morgan fingerprint density at radius 1 is 0.931 bits per heavy atom. The van der Waals surface area contributed by atoms with Crippen molar-refractivity contribution >= 4 is 16.8 Å². The molecule has 0 radical (unpaired) electrons. The SMILES string of the molecule is N#CC(=C1C=C/C(=N/OCc2cc(C(F)(F)F)cc(C(F)(F)F)c2)S1)C(F)(F)F. The fraction of sp³-hybridized carbons (Fsp3) is 0.250. The molecule has 3 nitrogen and oxygen atoms in total. The first-order valence-corrected chi connectivity index (χ1v) is 8.09. The fourth-order valence-electron chi connectivity index (χ4n) is 2.04. The van der Waals surface area contributed by atoms with Crippen LogP contribution in [0, 0.1) is 11.3 Å². The first-order chi connectivity index (χ1) is 13.2. The number of hydrogen-bond donors (Lipinski definition) is 0. The van der Waals surface area contributed by atoms with Crippen molar-refractivity contribution in [2.75, 3.05) is 0 Å². The molecule has 1 heterocycles. The zero-order valence-corrected chi connectivity index (χ0v) is 14.5. The molecule has 0 aromatic heterocycles. The second-order valence-electron chi connectivity index (χ2n) is 5.40. The molecule has 0 unspecified atom stereocenters. The maximum Gasteiger partial charge on any atom is 0.427 e. The molecule has 0 N–H and O–H groups in total. The van der Waals surface area contributed by atoms with Gasteiger partial charge in [-0.05, 0) is 35.9 Å². The number of halogens is 9. The van der Waals surface area contributed by atoms with Crippen molar-refractivity contribution in [2.45, 2.75) is 25.1 Å². The number of rotatable bonds is 3. The van der Waals surface area contributed by atoms with Gasteiger partial charge in [0.15, 0.2) is 0 Å². The smallest absolute Gasteiger partial charge is 0.390 e. The summed E-state index contributed by atoms with van der Waals surface area (Å²) in [5.41, 5.74) is -5.05. The van der Waals surface area contributed by atoms with Crippen LogP contribution in [0.2, 0.25) is 0 Å². The standard InChI is InChI=1S/C16H7F9N2OS/c17-14(18,19)9-3-8(4-10(5-9)15(20,21)22)7-28-27-13-2-1-12(29-13)11(6-26)16(23,24)25/h1-5H,7H2/b12-11?,27-13-. The predicted molar refractivity (Wildman–Crippen MR) is 84.1 cm³/mol. The Morgan fingerprint density at radius 2 is 1.48 bits per heavy atom. The normalized spacial score (nSPS) is 18.1. The van der Waals surface area contributed by atoms with Gasteiger partial charge in [0.1, 0.15) is 23.3 Å². The first kappa shape index (κ1) is 22.7. The van der Waals surface area contributed by atoms with Crippen molar-refractivity contribution < 1.29 is 44.4 Å². The topological polar surface area (TPSA) is 45.4 Å². The van der Waals surface area contributed by atoms with Crippen LogP contribution in [-0.4, -0.2) is 11.2 Å². The predicted octanol–water partition coefficient (Wildman–Crippen LogP) is 6.20. The molecule has 0 bridgehead atoms. The number of benzene rings is 1. The third-order valence-corrected chi connectivity index (χ3v) is 4.25. The van der Waals surface area contributed by atoms with Gasteiger partial charge in [-0.2, -0.15) is 44.8 Å². The van der Waals surface area contributed by atoms with E-state index in [4.69, 9.17) is 5.26 Å². The van der Waals surface area contributed by atoms with E-state index in [-0.39, 0.29) is 11.1 Å². The molecular weight excluding hydrogens is 439 g/mol. The largest absolute Gasteiger partial charge is 0.427 e. The van der Waals surface area contributed by atoms with Crippen LogP contribution in [0.1, 0.15) is 16.7 Å². The number of allylic oxidation sites excluding steroid dienone is 2. The maximum atomic E-state index is 12.8.